The van der Waals surface area contributed by atoms with Gasteiger partial charge in [-0.15, -0.1) is 17.0 Å². The number of nitrogens with zero attached hydrogens (tertiary/aromatic N) is 4. The van der Waals surface area contributed by atoms with Crippen molar-refractivity contribution in [3.63, 3.8) is 0 Å². The van der Waals surface area contributed by atoms with E-state index in [0.29, 0.717) is 0 Å². The predicted octanol–water partition coefficient (Wildman–Crippen LogP) is 4.17. The van der Waals surface area contributed by atoms with Crippen LogP contribution in [-0.2, 0) is 38.8 Å². The van der Waals surface area contributed by atoms with Gasteiger partial charge in [-0.2, -0.15) is 0 Å². The van der Waals surface area contributed by atoms with Crippen LogP contribution < -0.4 is 21.3 Å². The smallest absolute Gasteiger partial charge is 0.0419 e. The zero-order valence-corrected chi connectivity index (χ0v) is 30.2. The van der Waals surface area contributed by atoms with Crippen LogP contribution in [0.5, 0.6) is 0 Å². The average Bonchev–Trinajstić information content (AvgIpc) is 3.07. The van der Waals surface area contributed by atoms with Gasteiger partial charge in [0.2, 0.25) is 0 Å². The fraction of sp³-hybridized carbons (Fsp3) is 0.579. The molecule has 2 aromatic heterocycles. The SMILES string of the molecule is Br.c1cc2nc(c1)CCNCCCN(Cc1ccc(CN3CCCNCCc4cccc(n4)CCNCCC3)cc1)CCCNCC2. The molecule has 0 atom stereocenters. The van der Waals surface area contributed by atoms with Gasteiger partial charge < -0.3 is 21.3 Å². The molecule has 2 aliphatic heterocycles. The first-order chi connectivity index (χ1) is 22.8. The Morgan fingerprint density at radius 2 is 0.723 bits per heavy atom. The lowest BCUT2D eigenvalue weighted by Crippen LogP contribution is -2.31. The normalized spacial score (nSPS) is 19.4. The number of nitrogens with one attached hydrogen (secondary N) is 4. The molecule has 8 nitrogen and oxygen atoms in total. The molecule has 4 N–H and O–H groups in total. The summed E-state index contributed by atoms with van der Waals surface area (Å²) < 4.78 is 0. The van der Waals surface area contributed by atoms with Gasteiger partial charge in [-0.3, -0.25) is 19.8 Å². The summed E-state index contributed by atoms with van der Waals surface area (Å²) in [5.74, 6) is 0. The molecule has 0 unspecified atom stereocenters. The third kappa shape index (κ3) is 14.8. The lowest BCUT2D eigenvalue weighted by Gasteiger charge is -2.24. The zero-order valence-electron chi connectivity index (χ0n) is 28.5. The zero-order chi connectivity index (χ0) is 31.5. The van der Waals surface area contributed by atoms with Crippen LogP contribution in [-0.4, -0.2) is 98.3 Å². The fourth-order valence-electron chi connectivity index (χ4n) is 6.50. The molecule has 2 aliphatic rings. The van der Waals surface area contributed by atoms with Gasteiger partial charge in [0, 0.05) is 87.7 Å². The number of hydrogen-bond acceptors (Lipinski definition) is 8. The maximum Gasteiger partial charge on any atom is 0.0419 e. The second-order valence-electron chi connectivity index (χ2n) is 13.0. The molecule has 3 aromatic rings. The van der Waals surface area contributed by atoms with Crippen LogP contribution in [0.4, 0.5) is 0 Å². The fourth-order valence-corrected chi connectivity index (χ4v) is 6.50. The van der Waals surface area contributed by atoms with Gasteiger partial charge in [-0.25, -0.2) is 0 Å². The molecule has 4 bridgehead atoms. The molecule has 1 aromatic carbocycles. The molecule has 9 heteroatoms. The third-order valence-electron chi connectivity index (χ3n) is 9.11. The number of aromatic nitrogens is 2. The van der Waals surface area contributed by atoms with Gasteiger partial charge in [0.1, 0.15) is 0 Å². The maximum absolute atomic E-state index is 4.84. The molecular weight excluding hydrogens is 648 g/mol. The van der Waals surface area contributed by atoms with Crippen LogP contribution >= 0.6 is 17.0 Å². The minimum Gasteiger partial charge on any atom is -0.316 e. The first kappa shape index (κ1) is 37.6. The van der Waals surface area contributed by atoms with Crippen LogP contribution in [0.3, 0.4) is 0 Å². The van der Waals surface area contributed by atoms with E-state index in [9.17, 15) is 0 Å². The molecule has 47 heavy (non-hydrogen) atoms. The molecule has 0 fully saturated rings. The van der Waals surface area contributed by atoms with Crippen molar-refractivity contribution in [1.82, 2.24) is 41.0 Å². The van der Waals surface area contributed by atoms with Gasteiger partial charge in [0.15, 0.2) is 0 Å². The Morgan fingerprint density at radius 3 is 1.02 bits per heavy atom. The van der Waals surface area contributed by atoms with Crippen LogP contribution in [0.15, 0.2) is 60.7 Å². The molecule has 0 saturated heterocycles. The Morgan fingerprint density at radius 1 is 0.426 bits per heavy atom. The molecule has 0 aliphatic carbocycles. The van der Waals surface area contributed by atoms with E-state index in [1.165, 1.54) is 59.6 Å². The highest BCUT2D eigenvalue weighted by Crippen LogP contribution is 2.12. The summed E-state index contributed by atoms with van der Waals surface area (Å²) in [6.07, 6.45) is 8.65. The van der Waals surface area contributed by atoms with Crippen molar-refractivity contribution in [2.75, 3.05) is 78.5 Å². The van der Waals surface area contributed by atoms with Crippen molar-refractivity contribution >= 4 is 17.0 Å². The number of rotatable bonds is 4. The molecule has 0 amide bonds. The minimum atomic E-state index is 0. The molecule has 258 valence electrons. The quantitative estimate of drug-likeness (QED) is 0.322. The Hall–Kier alpha value is -2.24. The number of hydrogen-bond donors (Lipinski definition) is 4. The first-order valence-electron chi connectivity index (χ1n) is 18.1. The summed E-state index contributed by atoms with van der Waals surface area (Å²) in [6.45, 7) is 14.7. The lowest BCUT2D eigenvalue weighted by molar-refractivity contribution is 0.254. The molecule has 5 rings (SSSR count). The van der Waals surface area contributed by atoms with Crippen LogP contribution in [0.1, 0.15) is 59.6 Å². The summed E-state index contributed by atoms with van der Waals surface area (Å²) in [7, 11) is 0. The number of pyridine rings is 2. The maximum atomic E-state index is 4.84. The van der Waals surface area contributed by atoms with Crippen molar-refractivity contribution < 1.29 is 0 Å². The molecule has 4 heterocycles. The summed E-state index contributed by atoms with van der Waals surface area (Å²) in [5, 5.41) is 14.6. The molecular formula is C38H59BrN8. The number of fused-ring (bicyclic) bond motifs is 4. The second kappa shape index (κ2) is 22.4. The largest absolute Gasteiger partial charge is 0.316 e. The number of benzene rings is 1. The van der Waals surface area contributed by atoms with Crippen molar-refractivity contribution in [3.8, 4) is 0 Å². The minimum absolute atomic E-state index is 0. The van der Waals surface area contributed by atoms with Gasteiger partial charge in [0.25, 0.3) is 0 Å². The topological polar surface area (TPSA) is 80.4 Å². The van der Waals surface area contributed by atoms with Gasteiger partial charge in [0.05, 0.1) is 0 Å². The molecule has 0 radical (unpaired) electrons. The Balaban J connectivity index is 0.00000500. The highest BCUT2D eigenvalue weighted by atomic mass is 79.9. The van der Waals surface area contributed by atoms with Crippen LogP contribution in [0, 0.1) is 0 Å². The van der Waals surface area contributed by atoms with Gasteiger partial charge in [-0.1, -0.05) is 36.4 Å². The van der Waals surface area contributed by atoms with Crippen molar-refractivity contribution in [2.24, 2.45) is 0 Å². The van der Waals surface area contributed by atoms with E-state index < -0.39 is 0 Å². The third-order valence-corrected chi connectivity index (χ3v) is 9.11. The van der Waals surface area contributed by atoms with E-state index in [2.05, 4.69) is 91.7 Å². The lowest BCUT2D eigenvalue weighted by atomic mass is 10.1. The standard InChI is InChI=1S/C38H58N8.BrH/c1-7-35-15-23-39-19-3-27-45(28-4-20-40-24-16-36(8-1)43-35)31-33-11-13-34(14-12-33)32-46-29-5-21-41-25-17-37-9-2-10-38(44-37)18-26-42-22-6-30-46;/h1-2,7-14,39-42H,3-6,15-32H2;1H. The van der Waals surface area contributed by atoms with Crippen molar-refractivity contribution in [1.29, 1.82) is 0 Å². The average molecular weight is 708 g/mol. The van der Waals surface area contributed by atoms with E-state index >= 15 is 0 Å². The van der Waals surface area contributed by atoms with E-state index in [4.69, 9.17) is 9.97 Å². The molecule has 0 spiro atoms. The monoisotopic (exact) mass is 706 g/mol. The summed E-state index contributed by atoms with van der Waals surface area (Å²) in [4.78, 5) is 15.0. The Kier molecular flexibility index (Phi) is 17.9. The summed E-state index contributed by atoms with van der Waals surface area (Å²) >= 11 is 0. The van der Waals surface area contributed by atoms with Gasteiger partial charge in [-0.05, 0) is 113 Å². The molecule has 0 saturated carbocycles. The van der Waals surface area contributed by atoms with E-state index in [-0.39, 0.29) is 17.0 Å². The second-order valence-corrected chi connectivity index (χ2v) is 13.0. The van der Waals surface area contributed by atoms with Crippen molar-refractivity contribution in [2.45, 2.75) is 64.5 Å². The summed E-state index contributed by atoms with van der Waals surface area (Å²) in [5.41, 5.74) is 7.64. The van der Waals surface area contributed by atoms with Crippen LogP contribution in [0.2, 0.25) is 0 Å². The van der Waals surface area contributed by atoms with E-state index in [1.54, 1.807) is 0 Å². The predicted molar refractivity (Wildman–Crippen MR) is 201 cm³/mol. The Bertz CT molecular complexity index is 1100. The van der Waals surface area contributed by atoms with Crippen molar-refractivity contribution in [3.05, 3.63) is 94.6 Å². The van der Waals surface area contributed by atoms with E-state index in [0.717, 1.165) is 117 Å². The number of halogens is 1. The first-order valence-corrected chi connectivity index (χ1v) is 18.1. The highest BCUT2D eigenvalue weighted by Gasteiger charge is 2.10. The van der Waals surface area contributed by atoms with E-state index in [1.807, 2.05) is 0 Å². The van der Waals surface area contributed by atoms with Crippen LogP contribution in [0.25, 0.3) is 0 Å². The Labute approximate surface area is 294 Å². The summed E-state index contributed by atoms with van der Waals surface area (Å²) in [6, 6.07) is 22.4. The van der Waals surface area contributed by atoms with Gasteiger partial charge >= 0.3 is 0 Å². The highest BCUT2D eigenvalue weighted by molar-refractivity contribution is 8.93.